The van der Waals surface area contributed by atoms with Crippen LogP contribution in [-0.4, -0.2) is 58.0 Å². The molecule has 17 heavy (non-hydrogen) atoms. The second-order valence-electron chi connectivity index (χ2n) is 4.31. The zero-order chi connectivity index (χ0) is 12.1. The molecule has 1 saturated carbocycles. The first kappa shape index (κ1) is 12.8. The first-order chi connectivity index (χ1) is 8.18. The summed E-state index contributed by atoms with van der Waals surface area (Å²) in [6.45, 7) is 4.24. The summed E-state index contributed by atoms with van der Waals surface area (Å²) in [5.41, 5.74) is 0. The van der Waals surface area contributed by atoms with Gasteiger partial charge in [0.1, 0.15) is 0 Å². The molecule has 96 valence electrons. The van der Waals surface area contributed by atoms with Gasteiger partial charge in [0, 0.05) is 13.1 Å². The maximum absolute atomic E-state index is 11.5. The van der Waals surface area contributed by atoms with E-state index in [-0.39, 0.29) is 11.8 Å². The molecule has 0 aromatic carbocycles. The maximum Gasteiger partial charge on any atom is 0.215 e. The van der Waals surface area contributed by atoms with Crippen molar-refractivity contribution in [1.29, 1.82) is 0 Å². The monoisotopic (exact) mass is 258 g/mol. The van der Waals surface area contributed by atoms with E-state index in [2.05, 4.69) is 21.5 Å². The smallest absolute Gasteiger partial charge is 0.215 e. The fraction of sp³-hybridized carbons (Fsp3) is 0.818. The molecular formula is C11H18N2O3S. The average molecular weight is 258 g/mol. The quantitative estimate of drug-likeness (QED) is 0.684. The van der Waals surface area contributed by atoms with Crippen molar-refractivity contribution < 1.29 is 13.2 Å². The molecule has 0 aromatic rings. The number of ether oxygens (including phenoxy) is 1. The molecule has 1 N–H and O–H groups in total. The van der Waals surface area contributed by atoms with Gasteiger partial charge in [0.05, 0.1) is 31.6 Å². The van der Waals surface area contributed by atoms with E-state index >= 15 is 0 Å². The summed E-state index contributed by atoms with van der Waals surface area (Å²) in [5, 5.41) is -0.163. The lowest BCUT2D eigenvalue weighted by atomic mass is 10.4. The molecule has 5 nitrogen and oxygen atoms in total. The third-order valence-corrected chi connectivity index (χ3v) is 4.75. The van der Waals surface area contributed by atoms with Crippen LogP contribution in [-0.2, 0) is 14.8 Å². The van der Waals surface area contributed by atoms with E-state index in [4.69, 9.17) is 4.74 Å². The summed E-state index contributed by atoms with van der Waals surface area (Å²) in [7, 11) is -3.08. The molecule has 0 bridgehead atoms. The number of sulfonamides is 1. The number of nitrogens with one attached hydrogen (secondary N) is 1. The van der Waals surface area contributed by atoms with E-state index in [9.17, 15) is 8.42 Å². The standard InChI is InChI=1S/C11H18N2O3S/c14-17(15,11-3-4-11)12-5-1-2-6-13-7-9-16-10-8-13/h11-12H,3-10H2. The van der Waals surface area contributed by atoms with Crippen molar-refractivity contribution in [2.45, 2.75) is 18.1 Å². The molecule has 1 aliphatic heterocycles. The van der Waals surface area contributed by atoms with Crippen LogP contribution in [0.25, 0.3) is 0 Å². The highest BCUT2D eigenvalue weighted by molar-refractivity contribution is 7.90. The van der Waals surface area contributed by atoms with Gasteiger partial charge in [0.2, 0.25) is 10.0 Å². The molecule has 1 saturated heterocycles. The van der Waals surface area contributed by atoms with Crippen LogP contribution in [0.5, 0.6) is 0 Å². The Bertz CT molecular complexity index is 400. The van der Waals surface area contributed by atoms with Crippen molar-refractivity contribution in [2.24, 2.45) is 0 Å². The zero-order valence-electron chi connectivity index (χ0n) is 9.81. The predicted molar refractivity (Wildman–Crippen MR) is 65.0 cm³/mol. The van der Waals surface area contributed by atoms with E-state index < -0.39 is 10.0 Å². The minimum atomic E-state index is -3.08. The second kappa shape index (κ2) is 5.83. The highest BCUT2D eigenvalue weighted by Crippen LogP contribution is 2.26. The molecule has 0 aromatic heterocycles. The Morgan fingerprint density at radius 1 is 1.24 bits per heavy atom. The molecule has 2 aliphatic rings. The molecule has 1 aliphatic carbocycles. The van der Waals surface area contributed by atoms with E-state index in [1.807, 2.05) is 0 Å². The van der Waals surface area contributed by atoms with Crippen molar-refractivity contribution in [2.75, 3.05) is 39.4 Å². The third-order valence-electron chi connectivity index (χ3n) is 2.86. The Hall–Kier alpha value is -0.610. The van der Waals surface area contributed by atoms with Crippen LogP contribution in [0.4, 0.5) is 0 Å². The fourth-order valence-electron chi connectivity index (χ4n) is 1.62. The minimum Gasteiger partial charge on any atom is -0.379 e. The highest BCUT2D eigenvalue weighted by Gasteiger charge is 2.34. The molecule has 2 fully saturated rings. The lowest BCUT2D eigenvalue weighted by Gasteiger charge is -2.24. The summed E-state index contributed by atoms with van der Waals surface area (Å²) in [6, 6.07) is 0. The van der Waals surface area contributed by atoms with Crippen LogP contribution in [0.2, 0.25) is 0 Å². The Balaban J connectivity index is 1.64. The van der Waals surface area contributed by atoms with Gasteiger partial charge in [0.25, 0.3) is 0 Å². The summed E-state index contributed by atoms with van der Waals surface area (Å²) in [6.07, 6.45) is 1.58. The molecule has 6 heteroatoms. The van der Waals surface area contributed by atoms with Gasteiger partial charge in [-0.25, -0.2) is 13.1 Å². The summed E-state index contributed by atoms with van der Waals surface area (Å²) in [5.74, 6) is 5.83. The van der Waals surface area contributed by atoms with Gasteiger partial charge in [-0.05, 0) is 12.8 Å². The van der Waals surface area contributed by atoms with E-state index in [1.165, 1.54) is 0 Å². The normalized spacial score (nSPS) is 21.9. The van der Waals surface area contributed by atoms with E-state index in [0.29, 0.717) is 6.54 Å². The van der Waals surface area contributed by atoms with Gasteiger partial charge in [0.15, 0.2) is 0 Å². The van der Waals surface area contributed by atoms with Gasteiger partial charge in [-0.15, -0.1) is 0 Å². The summed E-state index contributed by atoms with van der Waals surface area (Å²) >= 11 is 0. The number of rotatable bonds is 4. The number of hydrogen-bond acceptors (Lipinski definition) is 4. The number of morpholine rings is 1. The third kappa shape index (κ3) is 4.28. The van der Waals surface area contributed by atoms with Crippen molar-refractivity contribution in [1.82, 2.24) is 9.62 Å². The van der Waals surface area contributed by atoms with Gasteiger partial charge in [-0.1, -0.05) is 11.8 Å². The lowest BCUT2D eigenvalue weighted by Crippen LogP contribution is -2.36. The Morgan fingerprint density at radius 2 is 1.94 bits per heavy atom. The van der Waals surface area contributed by atoms with Crippen LogP contribution in [0, 0.1) is 11.8 Å². The van der Waals surface area contributed by atoms with Gasteiger partial charge < -0.3 is 4.74 Å². The SMILES string of the molecule is O=S(=O)(NCC#CCN1CCOCC1)C1CC1. The first-order valence-electron chi connectivity index (χ1n) is 5.93. The first-order valence-corrected chi connectivity index (χ1v) is 7.47. The average Bonchev–Trinajstić information content (AvgIpc) is 3.14. The molecule has 0 atom stereocenters. The van der Waals surface area contributed by atoms with Crippen molar-refractivity contribution in [3.63, 3.8) is 0 Å². The molecule has 0 spiro atoms. The molecule has 0 radical (unpaired) electrons. The lowest BCUT2D eigenvalue weighted by molar-refractivity contribution is 0.0443. The zero-order valence-corrected chi connectivity index (χ0v) is 10.6. The second-order valence-corrected chi connectivity index (χ2v) is 6.35. The molecule has 0 amide bonds. The molecule has 1 heterocycles. The van der Waals surface area contributed by atoms with Crippen molar-refractivity contribution in [3.05, 3.63) is 0 Å². The topological polar surface area (TPSA) is 58.6 Å². The predicted octanol–water partition coefficient (Wildman–Crippen LogP) is -0.596. The molecule has 0 unspecified atom stereocenters. The van der Waals surface area contributed by atoms with Crippen molar-refractivity contribution >= 4 is 10.0 Å². The fourth-order valence-corrected chi connectivity index (χ4v) is 2.89. The minimum absolute atomic E-state index is 0.163. The van der Waals surface area contributed by atoms with Gasteiger partial charge in [-0.3, -0.25) is 4.90 Å². The highest BCUT2D eigenvalue weighted by atomic mass is 32.2. The van der Waals surface area contributed by atoms with Crippen LogP contribution in [0.15, 0.2) is 0 Å². The largest absolute Gasteiger partial charge is 0.379 e. The van der Waals surface area contributed by atoms with E-state index in [0.717, 1.165) is 39.1 Å². The van der Waals surface area contributed by atoms with Crippen molar-refractivity contribution in [3.8, 4) is 11.8 Å². The van der Waals surface area contributed by atoms with Crippen LogP contribution >= 0.6 is 0 Å². The van der Waals surface area contributed by atoms with Crippen LogP contribution in [0.3, 0.4) is 0 Å². The Kier molecular flexibility index (Phi) is 4.40. The number of hydrogen-bond donors (Lipinski definition) is 1. The van der Waals surface area contributed by atoms with Crippen LogP contribution in [0.1, 0.15) is 12.8 Å². The maximum atomic E-state index is 11.5. The van der Waals surface area contributed by atoms with Gasteiger partial charge >= 0.3 is 0 Å². The Labute approximate surface area is 103 Å². The molecular weight excluding hydrogens is 240 g/mol. The number of nitrogens with zero attached hydrogens (tertiary/aromatic N) is 1. The Morgan fingerprint density at radius 3 is 2.59 bits per heavy atom. The van der Waals surface area contributed by atoms with Crippen LogP contribution < -0.4 is 4.72 Å². The van der Waals surface area contributed by atoms with Gasteiger partial charge in [-0.2, -0.15) is 0 Å². The van der Waals surface area contributed by atoms with E-state index in [1.54, 1.807) is 0 Å². The summed E-state index contributed by atoms with van der Waals surface area (Å²) in [4.78, 5) is 2.20. The summed E-state index contributed by atoms with van der Waals surface area (Å²) < 4.78 is 30.6. The molecule has 2 rings (SSSR count).